The lowest BCUT2D eigenvalue weighted by atomic mass is 9.98. The number of rotatable bonds is 4. The molecule has 2 aliphatic heterocycles. The average Bonchev–Trinajstić information content (AvgIpc) is 2.74. The summed E-state index contributed by atoms with van der Waals surface area (Å²) in [5, 5.41) is 0. The van der Waals surface area contributed by atoms with Crippen LogP contribution in [0, 0.1) is 18.6 Å². The fourth-order valence-corrected chi connectivity index (χ4v) is 4.89. The van der Waals surface area contributed by atoms with Gasteiger partial charge in [-0.05, 0) is 68.1 Å². The van der Waals surface area contributed by atoms with E-state index in [2.05, 4.69) is 21.6 Å². The van der Waals surface area contributed by atoms with E-state index < -0.39 is 0 Å². The fourth-order valence-electron chi connectivity index (χ4n) is 4.89. The lowest BCUT2D eigenvalue weighted by Gasteiger charge is -2.44. The molecule has 1 atom stereocenters. The van der Waals surface area contributed by atoms with Gasteiger partial charge in [0.15, 0.2) is 0 Å². The number of nitrogens with zero attached hydrogens (tertiary/aromatic N) is 3. The van der Waals surface area contributed by atoms with Crippen molar-refractivity contribution in [2.75, 3.05) is 44.2 Å². The van der Waals surface area contributed by atoms with Crippen LogP contribution in [0.15, 0.2) is 42.5 Å². The second kappa shape index (κ2) is 8.80. The van der Waals surface area contributed by atoms with E-state index in [-0.39, 0.29) is 11.6 Å². The molecule has 2 aliphatic rings. The molecule has 0 saturated carbocycles. The first-order valence-corrected chi connectivity index (χ1v) is 10.8. The van der Waals surface area contributed by atoms with E-state index in [1.54, 1.807) is 24.3 Å². The van der Waals surface area contributed by atoms with E-state index in [4.69, 9.17) is 0 Å². The SMILES string of the molecule is Cc1cc(F)ccc1N1CCN(C2CCN(C(C)c3ccc(F)cc3)CC2)CC1. The van der Waals surface area contributed by atoms with Gasteiger partial charge in [0, 0.05) is 57.0 Å². The fraction of sp³-hybridized carbons (Fsp3) is 0.500. The zero-order valence-electron chi connectivity index (χ0n) is 17.5. The van der Waals surface area contributed by atoms with E-state index in [1.807, 2.05) is 25.1 Å². The third-order valence-electron chi connectivity index (χ3n) is 6.73. The van der Waals surface area contributed by atoms with Crippen LogP contribution in [0.25, 0.3) is 0 Å². The maximum Gasteiger partial charge on any atom is 0.123 e. The highest BCUT2D eigenvalue weighted by Gasteiger charge is 2.29. The Morgan fingerprint density at radius 1 is 0.828 bits per heavy atom. The molecule has 2 fully saturated rings. The maximum atomic E-state index is 13.4. The zero-order valence-corrected chi connectivity index (χ0v) is 17.5. The van der Waals surface area contributed by atoms with Gasteiger partial charge in [0.1, 0.15) is 11.6 Å². The lowest BCUT2D eigenvalue weighted by molar-refractivity contribution is 0.0840. The Labute approximate surface area is 172 Å². The molecule has 2 saturated heterocycles. The van der Waals surface area contributed by atoms with Gasteiger partial charge in [0.25, 0.3) is 0 Å². The smallest absolute Gasteiger partial charge is 0.123 e. The van der Waals surface area contributed by atoms with Crippen LogP contribution in [-0.2, 0) is 0 Å². The molecule has 0 spiro atoms. The summed E-state index contributed by atoms with van der Waals surface area (Å²) in [6.07, 6.45) is 2.36. The highest BCUT2D eigenvalue weighted by molar-refractivity contribution is 5.53. The molecule has 0 aromatic heterocycles. The number of piperidine rings is 1. The Hall–Kier alpha value is -1.98. The summed E-state index contributed by atoms with van der Waals surface area (Å²) in [7, 11) is 0. The maximum absolute atomic E-state index is 13.4. The molecule has 2 heterocycles. The second-order valence-electron chi connectivity index (χ2n) is 8.45. The number of aryl methyl sites for hydroxylation is 1. The van der Waals surface area contributed by atoms with Gasteiger partial charge >= 0.3 is 0 Å². The molecule has 1 unspecified atom stereocenters. The van der Waals surface area contributed by atoms with E-state index in [1.165, 1.54) is 18.4 Å². The minimum Gasteiger partial charge on any atom is -0.369 e. The average molecular weight is 400 g/mol. The van der Waals surface area contributed by atoms with Crippen molar-refractivity contribution in [1.29, 1.82) is 0 Å². The minimum atomic E-state index is -0.172. The van der Waals surface area contributed by atoms with Gasteiger partial charge in [-0.2, -0.15) is 0 Å². The highest BCUT2D eigenvalue weighted by Crippen LogP contribution is 2.28. The van der Waals surface area contributed by atoms with Gasteiger partial charge in [-0.1, -0.05) is 12.1 Å². The summed E-state index contributed by atoms with van der Waals surface area (Å²) in [5.41, 5.74) is 3.36. The monoisotopic (exact) mass is 399 g/mol. The molecule has 156 valence electrons. The summed E-state index contributed by atoms with van der Waals surface area (Å²) >= 11 is 0. The number of likely N-dealkylation sites (tertiary alicyclic amines) is 1. The van der Waals surface area contributed by atoms with Crippen LogP contribution in [-0.4, -0.2) is 55.1 Å². The quantitative estimate of drug-likeness (QED) is 0.743. The van der Waals surface area contributed by atoms with Crippen LogP contribution in [0.3, 0.4) is 0 Å². The van der Waals surface area contributed by atoms with Crippen LogP contribution in [0.1, 0.15) is 36.9 Å². The Morgan fingerprint density at radius 3 is 2.07 bits per heavy atom. The standard InChI is InChI=1S/C24H31F2N3/c1-18-17-22(26)7-8-24(18)29-15-13-28(14-16-29)23-9-11-27(12-10-23)19(2)20-3-5-21(25)6-4-20/h3-8,17,19,23H,9-16H2,1-2H3. The molecule has 2 aromatic rings. The number of hydrogen-bond donors (Lipinski definition) is 0. The van der Waals surface area contributed by atoms with Crippen molar-refractivity contribution in [2.45, 2.75) is 38.8 Å². The number of anilines is 1. The number of piperazine rings is 1. The molecule has 0 amide bonds. The van der Waals surface area contributed by atoms with Gasteiger partial charge in [0.05, 0.1) is 0 Å². The minimum absolute atomic E-state index is 0.161. The van der Waals surface area contributed by atoms with Crippen molar-refractivity contribution in [3.8, 4) is 0 Å². The van der Waals surface area contributed by atoms with Crippen molar-refractivity contribution in [1.82, 2.24) is 9.80 Å². The van der Waals surface area contributed by atoms with E-state index in [0.717, 1.165) is 50.5 Å². The topological polar surface area (TPSA) is 9.72 Å². The van der Waals surface area contributed by atoms with Crippen molar-refractivity contribution in [3.05, 3.63) is 65.2 Å². The number of hydrogen-bond acceptors (Lipinski definition) is 3. The molecule has 29 heavy (non-hydrogen) atoms. The molecule has 0 bridgehead atoms. The van der Waals surface area contributed by atoms with Gasteiger partial charge in [-0.15, -0.1) is 0 Å². The molecule has 2 aromatic carbocycles. The third kappa shape index (κ3) is 4.62. The molecule has 0 N–H and O–H groups in total. The van der Waals surface area contributed by atoms with Crippen LogP contribution in [0.2, 0.25) is 0 Å². The predicted octanol–water partition coefficient (Wildman–Crippen LogP) is 4.62. The molecule has 0 radical (unpaired) electrons. The van der Waals surface area contributed by atoms with Gasteiger partial charge in [-0.3, -0.25) is 9.80 Å². The van der Waals surface area contributed by atoms with E-state index in [0.29, 0.717) is 12.1 Å². The summed E-state index contributed by atoms with van der Waals surface area (Å²) in [6.45, 7) is 10.5. The molecule has 3 nitrogen and oxygen atoms in total. The second-order valence-corrected chi connectivity index (χ2v) is 8.45. The Kier molecular flexibility index (Phi) is 6.16. The molecular formula is C24H31F2N3. The first-order chi connectivity index (χ1) is 14.0. The molecular weight excluding hydrogens is 368 g/mol. The number of halogens is 2. The van der Waals surface area contributed by atoms with Crippen LogP contribution in [0.4, 0.5) is 14.5 Å². The predicted molar refractivity (Wildman–Crippen MR) is 114 cm³/mol. The Balaban J connectivity index is 1.28. The largest absolute Gasteiger partial charge is 0.369 e. The summed E-state index contributed by atoms with van der Waals surface area (Å²) < 4.78 is 26.6. The van der Waals surface area contributed by atoms with Crippen molar-refractivity contribution >= 4 is 5.69 Å². The van der Waals surface area contributed by atoms with Gasteiger partial charge in [-0.25, -0.2) is 8.78 Å². The Bertz CT molecular complexity index is 807. The third-order valence-corrected chi connectivity index (χ3v) is 6.73. The normalized spacial score (nSPS) is 20.8. The van der Waals surface area contributed by atoms with Crippen LogP contribution in [0.5, 0.6) is 0 Å². The summed E-state index contributed by atoms with van der Waals surface area (Å²) in [6, 6.07) is 13.0. The van der Waals surface area contributed by atoms with Crippen molar-refractivity contribution in [2.24, 2.45) is 0 Å². The molecule has 5 heteroatoms. The highest BCUT2D eigenvalue weighted by atomic mass is 19.1. The van der Waals surface area contributed by atoms with Crippen LogP contribution >= 0.6 is 0 Å². The summed E-state index contributed by atoms with van der Waals surface area (Å²) in [5.74, 6) is -0.332. The number of benzene rings is 2. The molecule has 0 aliphatic carbocycles. The first kappa shape index (κ1) is 20.3. The van der Waals surface area contributed by atoms with E-state index >= 15 is 0 Å². The van der Waals surface area contributed by atoms with E-state index in [9.17, 15) is 8.78 Å². The van der Waals surface area contributed by atoms with Crippen LogP contribution < -0.4 is 4.90 Å². The van der Waals surface area contributed by atoms with Crippen molar-refractivity contribution in [3.63, 3.8) is 0 Å². The van der Waals surface area contributed by atoms with Gasteiger partial charge in [0.2, 0.25) is 0 Å². The molecule has 4 rings (SSSR count). The first-order valence-electron chi connectivity index (χ1n) is 10.8. The summed E-state index contributed by atoms with van der Waals surface area (Å²) in [4.78, 5) is 7.54. The Morgan fingerprint density at radius 2 is 1.45 bits per heavy atom. The van der Waals surface area contributed by atoms with Gasteiger partial charge < -0.3 is 4.90 Å². The lowest BCUT2D eigenvalue weighted by Crippen LogP contribution is -2.53. The van der Waals surface area contributed by atoms with Crippen molar-refractivity contribution < 1.29 is 8.78 Å². The zero-order chi connectivity index (χ0) is 20.4.